The number of rotatable bonds is 10. The first-order chi connectivity index (χ1) is 8.36. The van der Waals surface area contributed by atoms with E-state index in [1.165, 1.54) is 38.5 Å². The summed E-state index contributed by atoms with van der Waals surface area (Å²) in [6.07, 6.45) is 8.42. The summed E-state index contributed by atoms with van der Waals surface area (Å²) in [5.74, 6) is 4.49. The lowest BCUT2D eigenvalue weighted by Crippen LogP contribution is -2.13. The van der Waals surface area contributed by atoms with Crippen molar-refractivity contribution in [3.63, 3.8) is 0 Å². The molecular formula is C18H38. The molecule has 0 rings (SSSR count). The van der Waals surface area contributed by atoms with Gasteiger partial charge in [-0.15, -0.1) is 0 Å². The van der Waals surface area contributed by atoms with Crippen LogP contribution >= 0.6 is 0 Å². The molecule has 4 atom stereocenters. The summed E-state index contributed by atoms with van der Waals surface area (Å²) in [5.41, 5.74) is 0. The Labute approximate surface area is 117 Å². The van der Waals surface area contributed by atoms with Gasteiger partial charge >= 0.3 is 0 Å². The van der Waals surface area contributed by atoms with Gasteiger partial charge < -0.3 is 0 Å². The van der Waals surface area contributed by atoms with Crippen molar-refractivity contribution in [2.45, 2.75) is 87.0 Å². The van der Waals surface area contributed by atoms with Gasteiger partial charge in [-0.3, -0.25) is 0 Å². The van der Waals surface area contributed by atoms with Crippen LogP contribution in [0.2, 0.25) is 0 Å². The van der Waals surface area contributed by atoms with Crippen LogP contribution in [-0.4, -0.2) is 0 Å². The molecule has 0 amide bonds. The fraction of sp³-hybridized carbons (Fsp3) is 1.00. The summed E-state index contributed by atoms with van der Waals surface area (Å²) in [5, 5.41) is 0. The second kappa shape index (κ2) is 9.87. The largest absolute Gasteiger partial charge is 0.0651 e. The molecule has 110 valence electrons. The highest BCUT2D eigenvalue weighted by molar-refractivity contribution is 4.67. The van der Waals surface area contributed by atoms with E-state index in [1.54, 1.807) is 0 Å². The Morgan fingerprint density at radius 2 is 1.17 bits per heavy atom. The third-order valence-electron chi connectivity index (χ3n) is 4.79. The maximum Gasteiger partial charge on any atom is -0.0414 e. The second-order valence-corrected chi connectivity index (χ2v) is 7.36. The Morgan fingerprint density at radius 1 is 0.611 bits per heavy atom. The summed E-state index contributed by atoms with van der Waals surface area (Å²) in [4.78, 5) is 0. The molecule has 0 aromatic heterocycles. The van der Waals surface area contributed by atoms with Crippen molar-refractivity contribution >= 4 is 0 Å². The molecule has 18 heavy (non-hydrogen) atoms. The molecule has 0 heteroatoms. The van der Waals surface area contributed by atoms with Gasteiger partial charge in [-0.05, 0) is 36.0 Å². The average molecular weight is 255 g/mol. The quantitative estimate of drug-likeness (QED) is 0.415. The smallest absolute Gasteiger partial charge is 0.0414 e. The van der Waals surface area contributed by atoms with Crippen LogP contribution in [0.3, 0.4) is 0 Å². The molecule has 0 saturated heterocycles. The first kappa shape index (κ1) is 18.0. The molecule has 4 unspecified atom stereocenters. The summed E-state index contributed by atoms with van der Waals surface area (Å²) in [6.45, 7) is 16.8. The lowest BCUT2D eigenvalue weighted by Gasteiger charge is -2.24. The van der Waals surface area contributed by atoms with Gasteiger partial charge in [0.05, 0.1) is 0 Å². The number of hydrogen-bond acceptors (Lipinski definition) is 0. The van der Waals surface area contributed by atoms with E-state index in [1.807, 2.05) is 0 Å². The van der Waals surface area contributed by atoms with Gasteiger partial charge in [-0.25, -0.2) is 0 Å². The molecule has 0 aliphatic carbocycles. The predicted molar refractivity (Wildman–Crippen MR) is 84.9 cm³/mol. The molecule has 0 radical (unpaired) electrons. The van der Waals surface area contributed by atoms with Crippen LogP contribution in [0.5, 0.6) is 0 Å². The molecule has 0 nitrogen and oxygen atoms in total. The average Bonchev–Trinajstić information content (AvgIpc) is 2.32. The molecule has 0 aliphatic heterocycles. The van der Waals surface area contributed by atoms with Gasteiger partial charge in [0.1, 0.15) is 0 Å². The topological polar surface area (TPSA) is 0 Å². The molecular weight excluding hydrogens is 216 g/mol. The highest BCUT2D eigenvalue weighted by Gasteiger charge is 2.16. The van der Waals surface area contributed by atoms with Crippen molar-refractivity contribution < 1.29 is 0 Å². The SMILES string of the molecule is CCC(C)CCC(C)C(C)CC(C)CCC(C)C. The summed E-state index contributed by atoms with van der Waals surface area (Å²) < 4.78 is 0. The van der Waals surface area contributed by atoms with E-state index in [2.05, 4.69) is 48.5 Å². The van der Waals surface area contributed by atoms with Crippen molar-refractivity contribution in [2.24, 2.45) is 29.6 Å². The van der Waals surface area contributed by atoms with Gasteiger partial charge in [0.2, 0.25) is 0 Å². The standard InChI is InChI=1S/C18H38/c1-8-15(4)11-12-17(6)18(7)13-16(5)10-9-14(2)3/h14-18H,8-13H2,1-7H3. The molecule has 0 saturated carbocycles. The Kier molecular flexibility index (Phi) is 9.87. The van der Waals surface area contributed by atoms with Crippen molar-refractivity contribution in [2.75, 3.05) is 0 Å². The molecule has 0 fully saturated rings. The fourth-order valence-electron chi connectivity index (χ4n) is 2.64. The zero-order valence-corrected chi connectivity index (χ0v) is 14.1. The molecule has 0 heterocycles. The minimum Gasteiger partial charge on any atom is -0.0651 e. The van der Waals surface area contributed by atoms with E-state index < -0.39 is 0 Å². The van der Waals surface area contributed by atoms with Gasteiger partial charge in [0, 0.05) is 0 Å². The zero-order valence-electron chi connectivity index (χ0n) is 14.1. The van der Waals surface area contributed by atoms with E-state index >= 15 is 0 Å². The molecule has 0 aromatic carbocycles. The third-order valence-corrected chi connectivity index (χ3v) is 4.79. The van der Waals surface area contributed by atoms with E-state index in [0.29, 0.717) is 0 Å². The van der Waals surface area contributed by atoms with E-state index in [0.717, 1.165) is 29.6 Å². The Balaban J connectivity index is 3.81. The van der Waals surface area contributed by atoms with Crippen LogP contribution in [-0.2, 0) is 0 Å². The van der Waals surface area contributed by atoms with Gasteiger partial charge in [0.25, 0.3) is 0 Å². The number of hydrogen-bond donors (Lipinski definition) is 0. The Bertz CT molecular complexity index is 182. The fourth-order valence-corrected chi connectivity index (χ4v) is 2.64. The second-order valence-electron chi connectivity index (χ2n) is 7.36. The summed E-state index contributed by atoms with van der Waals surface area (Å²) in [7, 11) is 0. The molecule has 0 bridgehead atoms. The molecule has 0 spiro atoms. The van der Waals surface area contributed by atoms with Crippen molar-refractivity contribution in [1.82, 2.24) is 0 Å². The first-order valence-electron chi connectivity index (χ1n) is 8.36. The van der Waals surface area contributed by atoms with Gasteiger partial charge in [-0.1, -0.05) is 80.6 Å². The van der Waals surface area contributed by atoms with E-state index in [9.17, 15) is 0 Å². The Morgan fingerprint density at radius 3 is 1.67 bits per heavy atom. The van der Waals surface area contributed by atoms with E-state index in [4.69, 9.17) is 0 Å². The highest BCUT2D eigenvalue weighted by Crippen LogP contribution is 2.28. The molecule has 0 aromatic rings. The monoisotopic (exact) mass is 254 g/mol. The minimum atomic E-state index is 0.866. The van der Waals surface area contributed by atoms with Crippen molar-refractivity contribution in [1.29, 1.82) is 0 Å². The van der Waals surface area contributed by atoms with Crippen molar-refractivity contribution in [3.8, 4) is 0 Å². The van der Waals surface area contributed by atoms with Crippen molar-refractivity contribution in [3.05, 3.63) is 0 Å². The molecule has 0 N–H and O–H groups in total. The predicted octanol–water partition coefficient (Wildman–Crippen LogP) is 6.55. The van der Waals surface area contributed by atoms with Gasteiger partial charge in [0.15, 0.2) is 0 Å². The Hall–Kier alpha value is 0. The first-order valence-corrected chi connectivity index (χ1v) is 8.36. The third kappa shape index (κ3) is 9.00. The maximum atomic E-state index is 2.47. The lowest BCUT2D eigenvalue weighted by molar-refractivity contribution is 0.269. The van der Waals surface area contributed by atoms with E-state index in [-0.39, 0.29) is 0 Å². The van der Waals surface area contributed by atoms with Gasteiger partial charge in [-0.2, -0.15) is 0 Å². The summed E-state index contributed by atoms with van der Waals surface area (Å²) >= 11 is 0. The minimum absolute atomic E-state index is 0.866. The molecule has 0 aliphatic rings. The van der Waals surface area contributed by atoms with Crippen LogP contribution in [0.15, 0.2) is 0 Å². The van der Waals surface area contributed by atoms with Crippen LogP contribution in [0.25, 0.3) is 0 Å². The zero-order chi connectivity index (χ0) is 14.1. The highest BCUT2D eigenvalue weighted by atomic mass is 14.2. The van der Waals surface area contributed by atoms with Crippen LogP contribution in [0, 0.1) is 29.6 Å². The van der Waals surface area contributed by atoms with Crippen LogP contribution < -0.4 is 0 Å². The lowest BCUT2D eigenvalue weighted by atomic mass is 9.82. The summed E-state index contributed by atoms with van der Waals surface area (Å²) in [6, 6.07) is 0. The maximum absolute atomic E-state index is 2.47. The normalized spacial score (nSPS) is 18.7. The van der Waals surface area contributed by atoms with Crippen LogP contribution in [0.4, 0.5) is 0 Å². The van der Waals surface area contributed by atoms with Crippen LogP contribution in [0.1, 0.15) is 87.0 Å².